The molecule has 6 nitrogen and oxygen atoms in total. The molecule has 170 valence electrons. The highest BCUT2D eigenvalue weighted by Crippen LogP contribution is 2.44. The summed E-state index contributed by atoms with van der Waals surface area (Å²) in [5.41, 5.74) is 3.46. The number of rotatable bonds is 6. The second-order valence-corrected chi connectivity index (χ2v) is 8.74. The van der Waals surface area contributed by atoms with E-state index in [0.717, 1.165) is 33.0 Å². The van der Waals surface area contributed by atoms with Crippen molar-refractivity contribution in [3.63, 3.8) is 0 Å². The molecule has 1 amide bonds. The molecule has 4 aromatic rings. The van der Waals surface area contributed by atoms with Crippen LogP contribution in [-0.4, -0.2) is 34.3 Å². The SMILES string of the molecule is CC(Cc1nccc2ccccc12)(NC(=O)OCC1c2ccccc2-c2ccccc21)C(=O)O. The number of nitrogens with zero attached hydrogens (tertiary/aromatic N) is 1. The van der Waals surface area contributed by atoms with Crippen LogP contribution >= 0.6 is 0 Å². The molecule has 0 bridgehead atoms. The monoisotopic (exact) mass is 452 g/mol. The van der Waals surface area contributed by atoms with Gasteiger partial charge in [-0.25, -0.2) is 9.59 Å². The van der Waals surface area contributed by atoms with E-state index in [2.05, 4.69) is 22.4 Å². The number of aliphatic carboxylic acids is 1. The van der Waals surface area contributed by atoms with Crippen molar-refractivity contribution in [2.75, 3.05) is 6.61 Å². The standard InChI is InChI=1S/C28H24N2O4/c1-28(26(31)32,16-25-19-9-3-2-8-18(19)14-15-29-25)30-27(33)34-17-24-22-12-6-4-10-20(22)21-11-5-7-13-23(21)24/h2-15,24H,16-17H2,1H3,(H,30,33)(H,31,32). The second kappa shape index (κ2) is 8.63. The number of amides is 1. The number of nitrogens with one attached hydrogen (secondary N) is 1. The molecule has 5 rings (SSSR count). The zero-order valence-corrected chi connectivity index (χ0v) is 18.7. The average Bonchev–Trinajstić information content (AvgIpc) is 3.16. The smallest absolute Gasteiger partial charge is 0.408 e. The number of aromatic nitrogens is 1. The summed E-state index contributed by atoms with van der Waals surface area (Å²) < 4.78 is 5.58. The molecule has 1 aliphatic carbocycles. The number of fused-ring (bicyclic) bond motifs is 4. The normalized spacial score (nSPS) is 14.1. The van der Waals surface area contributed by atoms with Crippen molar-refractivity contribution in [3.8, 4) is 11.1 Å². The number of alkyl carbamates (subject to hydrolysis) is 1. The molecule has 0 radical (unpaired) electrons. The lowest BCUT2D eigenvalue weighted by molar-refractivity contribution is -0.143. The summed E-state index contributed by atoms with van der Waals surface area (Å²) in [6.07, 6.45) is 0.896. The molecule has 2 N–H and O–H groups in total. The molecule has 3 aromatic carbocycles. The number of ether oxygens (including phenoxy) is 1. The summed E-state index contributed by atoms with van der Waals surface area (Å²) in [5.74, 6) is -1.26. The van der Waals surface area contributed by atoms with E-state index in [0.29, 0.717) is 5.69 Å². The minimum Gasteiger partial charge on any atom is -0.480 e. The third kappa shape index (κ3) is 3.88. The first kappa shape index (κ1) is 21.6. The Morgan fingerprint density at radius 1 is 0.941 bits per heavy atom. The fraction of sp³-hybridized carbons (Fsp3) is 0.179. The van der Waals surface area contributed by atoms with Crippen LogP contribution in [0.4, 0.5) is 4.79 Å². The molecule has 0 aliphatic heterocycles. The highest BCUT2D eigenvalue weighted by atomic mass is 16.5. The summed E-state index contributed by atoms with van der Waals surface area (Å²) in [7, 11) is 0. The van der Waals surface area contributed by atoms with E-state index in [1.54, 1.807) is 6.20 Å². The van der Waals surface area contributed by atoms with E-state index in [4.69, 9.17) is 4.74 Å². The Bertz CT molecular complexity index is 1350. The molecule has 1 aromatic heterocycles. The zero-order chi connectivity index (χ0) is 23.7. The zero-order valence-electron chi connectivity index (χ0n) is 18.7. The molecule has 1 aliphatic rings. The summed E-state index contributed by atoms with van der Waals surface area (Å²) in [4.78, 5) is 29.4. The van der Waals surface area contributed by atoms with Crippen LogP contribution < -0.4 is 5.32 Å². The van der Waals surface area contributed by atoms with Crippen LogP contribution in [0.25, 0.3) is 21.9 Å². The quantitative estimate of drug-likeness (QED) is 0.422. The number of hydrogen-bond acceptors (Lipinski definition) is 4. The van der Waals surface area contributed by atoms with Gasteiger partial charge in [-0.05, 0) is 40.6 Å². The Balaban J connectivity index is 1.33. The molecular weight excluding hydrogens is 428 g/mol. The van der Waals surface area contributed by atoms with Gasteiger partial charge in [-0.2, -0.15) is 0 Å². The van der Waals surface area contributed by atoms with E-state index in [1.807, 2.05) is 66.7 Å². The first-order valence-electron chi connectivity index (χ1n) is 11.2. The fourth-order valence-electron chi connectivity index (χ4n) is 4.69. The average molecular weight is 453 g/mol. The van der Waals surface area contributed by atoms with Crippen LogP contribution in [0.3, 0.4) is 0 Å². The van der Waals surface area contributed by atoms with Crippen molar-refractivity contribution in [1.82, 2.24) is 10.3 Å². The summed E-state index contributed by atoms with van der Waals surface area (Å²) >= 11 is 0. The molecule has 1 atom stereocenters. The number of benzene rings is 3. The molecule has 0 spiro atoms. The third-order valence-electron chi connectivity index (χ3n) is 6.47. The van der Waals surface area contributed by atoms with Crippen LogP contribution in [0.15, 0.2) is 85.1 Å². The van der Waals surface area contributed by atoms with Gasteiger partial charge in [0.05, 0.1) is 5.69 Å². The number of hydrogen-bond donors (Lipinski definition) is 2. The maximum atomic E-state index is 12.8. The largest absolute Gasteiger partial charge is 0.480 e. The Hall–Kier alpha value is -4.19. The minimum atomic E-state index is -1.58. The first-order chi connectivity index (χ1) is 16.5. The number of pyridine rings is 1. The van der Waals surface area contributed by atoms with Gasteiger partial charge in [0.15, 0.2) is 0 Å². The van der Waals surface area contributed by atoms with Gasteiger partial charge in [0, 0.05) is 23.9 Å². The van der Waals surface area contributed by atoms with Gasteiger partial charge in [-0.15, -0.1) is 0 Å². The van der Waals surface area contributed by atoms with Crippen LogP contribution in [-0.2, 0) is 16.0 Å². The Kier molecular flexibility index (Phi) is 5.49. The van der Waals surface area contributed by atoms with Gasteiger partial charge in [-0.3, -0.25) is 4.98 Å². The van der Waals surface area contributed by atoms with Gasteiger partial charge >= 0.3 is 12.1 Å². The van der Waals surface area contributed by atoms with Crippen LogP contribution in [0.5, 0.6) is 0 Å². The van der Waals surface area contributed by atoms with Crippen LogP contribution in [0.2, 0.25) is 0 Å². The van der Waals surface area contributed by atoms with Crippen molar-refractivity contribution < 1.29 is 19.4 Å². The molecule has 0 fully saturated rings. The molecule has 0 saturated heterocycles. The maximum absolute atomic E-state index is 12.8. The number of carbonyl (C=O) groups is 2. The number of carboxylic acids is 1. The van der Waals surface area contributed by atoms with Gasteiger partial charge in [-0.1, -0.05) is 72.8 Å². The highest BCUT2D eigenvalue weighted by molar-refractivity contribution is 5.88. The topological polar surface area (TPSA) is 88.5 Å². The van der Waals surface area contributed by atoms with Crippen LogP contribution in [0.1, 0.15) is 29.7 Å². The Morgan fingerprint density at radius 3 is 2.24 bits per heavy atom. The van der Waals surface area contributed by atoms with E-state index in [-0.39, 0.29) is 18.9 Å². The van der Waals surface area contributed by atoms with Crippen molar-refractivity contribution in [2.45, 2.75) is 24.8 Å². The third-order valence-corrected chi connectivity index (χ3v) is 6.47. The van der Waals surface area contributed by atoms with Gasteiger partial charge in [0.1, 0.15) is 12.1 Å². The first-order valence-corrected chi connectivity index (χ1v) is 11.2. The highest BCUT2D eigenvalue weighted by Gasteiger charge is 2.37. The van der Waals surface area contributed by atoms with E-state index < -0.39 is 17.6 Å². The van der Waals surface area contributed by atoms with Gasteiger partial charge in [0.2, 0.25) is 0 Å². The predicted octanol–water partition coefficient (Wildman–Crippen LogP) is 5.16. The lowest BCUT2D eigenvalue weighted by atomic mass is 9.93. The second-order valence-electron chi connectivity index (χ2n) is 8.74. The van der Waals surface area contributed by atoms with Gasteiger partial charge < -0.3 is 15.2 Å². The molecule has 34 heavy (non-hydrogen) atoms. The van der Waals surface area contributed by atoms with E-state index >= 15 is 0 Å². The fourth-order valence-corrected chi connectivity index (χ4v) is 4.69. The summed E-state index contributed by atoms with van der Waals surface area (Å²) in [6.45, 7) is 1.59. The van der Waals surface area contributed by atoms with Crippen molar-refractivity contribution in [2.24, 2.45) is 0 Å². The van der Waals surface area contributed by atoms with E-state index in [9.17, 15) is 14.7 Å². The lowest BCUT2D eigenvalue weighted by Crippen LogP contribution is -2.54. The number of carbonyl (C=O) groups excluding carboxylic acids is 1. The molecule has 1 unspecified atom stereocenters. The molecule has 6 heteroatoms. The molecular formula is C28H24N2O4. The van der Waals surface area contributed by atoms with Crippen molar-refractivity contribution in [3.05, 3.63) is 102 Å². The lowest BCUT2D eigenvalue weighted by Gasteiger charge is -2.26. The van der Waals surface area contributed by atoms with Crippen molar-refractivity contribution >= 4 is 22.8 Å². The Labute approximate surface area is 197 Å². The summed E-state index contributed by atoms with van der Waals surface area (Å²) in [5, 5.41) is 14.3. The maximum Gasteiger partial charge on any atom is 0.408 e. The van der Waals surface area contributed by atoms with Crippen LogP contribution in [0, 0.1) is 0 Å². The Morgan fingerprint density at radius 2 is 1.56 bits per heavy atom. The molecule has 1 heterocycles. The summed E-state index contributed by atoms with van der Waals surface area (Å²) in [6, 6.07) is 25.6. The van der Waals surface area contributed by atoms with E-state index in [1.165, 1.54) is 6.92 Å². The molecule has 0 saturated carbocycles. The van der Waals surface area contributed by atoms with Crippen molar-refractivity contribution in [1.29, 1.82) is 0 Å². The van der Waals surface area contributed by atoms with Gasteiger partial charge in [0.25, 0.3) is 0 Å². The predicted molar refractivity (Wildman–Crippen MR) is 130 cm³/mol. The number of carboxylic acid groups (broad SMARTS) is 1. The minimum absolute atomic E-state index is 0.0217.